The van der Waals surface area contributed by atoms with Crippen LogP contribution in [0.5, 0.6) is 5.75 Å². The second-order valence-electron chi connectivity index (χ2n) is 6.21. The van der Waals surface area contributed by atoms with Crippen molar-refractivity contribution >= 4 is 0 Å². The molecule has 0 radical (unpaired) electrons. The lowest BCUT2D eigenvalue weighted by Gasteiger charge is -2.31. The van der Waals surface area contributed by atoms with Crippen LogP contribution in [0.1, 0.15) is 32.4 Å². The third-order valence-corrected chi connectivity index (χ3v) is 3.89. The first-order valence-electron chi connectivity index (χ1n) is 7.94. The predicted molar refractivity (Wildman–Crippen MR) is 85.6 cm³/mol. The molecule has 1 aromatic rings. The topological polar surface area (TPSA) is 44.7 Å². The number of aliphatic hydroxyl groups is 1. The van der Waals surface area contributed by atoms with Gasteiger partial charge in [-0.05, 0) is 37.5 Å². The first-order valence-corrected chi connectivity index (χ1v) is 7.94. The van der Waals surface area contributed by atoms with Crippen molar-refractivity contribution in [2.75, 3.05) is 32.7 Å². The fourth-order valence-corrected chi connectivity index (χ4v) is 2.75. The van der Waals surface area contributed by atoms with E-state index in [0.29, 0.717) is 0 Å². The molecular weight excluding hydrogens is 264 g/mol. The van der Waals surface area contributed by atoms with Gasteiger partial charge in [-0.15, -0.1) is 0 Å². The number of aliphatic hydroxyl groups excluding tert-OH is 1. The number of rotatable bonds is 6. The number of hydrogen-bond donors (Lipinski definition) is 2. The van der Waals surface area contributed by atoms with Gasteiger partial charge >= 0.3 is 0 Å². The molecule has 2 rings (SSSR count). The van der Waals surface area contributed by atoms with Gasteiger partial charge in [0.2, 0.25) is 0 Å². The summed E-state index contributed by atoms with van der Waals surface area (Å²) in [5, 5.41) is 13.9. The van der Waals surface area contributed by atoms with Crippen molar-refractivity contribution in [3.63, 3.8) is 0 Å². The van der Waals surface area contributed by atoms with Gasteiger partial charge in [0.05, 0.1) is 12.2 Å². The van der Waals surface area contributed by atoms with Crippen LogP contribution >= 0.6 is 0 Å². The molecule has 0 bridgehead atoms. The van der Waals surface area contributed by atoms with E-state index in [4.69, 9.17) is 4.74 Å². The van der Waals surface area contributed by atoms with Crippen LogP contribution in [0.4, 0.5) is 0 Å². The average molecular weight is 292 g/mol. The molecule has 2 unspecified atom stereocenters. The molecule has 21 heavy (non-hydrogen) atoms. The SMILES string of the molecule is CC(C)Oc1ccc(C(O)C(C)CN2CCNCC2)cc1. The maximum absolute atomic E-state index is 10.5. The van der Waals surface area contributed by atoms with E-state index in [1.807, 2.05) is 38.1 Å². The Morgan fingerprint density at radius 3 is 2.33 bits per heavy atom. The molecule has 0 amide bonds. The average Bonchev–Trinajstić information content (AvgIpc) is 2.47. The van der Waals surface area contributed by atoms with Crippen LogP contribution in [-0.2, 0) is 0 Å². The minimum atomic E-state index is -0.423. The highest BCUT2D eigenvalue weighted by molar-refractivity contribution is 5.29. The molecule has 1 heterocycles. The van der Waals surface area contributed by atoms with Gasteiger partial charge in [0.25, 0.3) is 0 Å². The van der Waals surface area contributed by atoms with E-state index in [9.17, 15) is 5.11 Å². The van der Waals surface area contributed by atoms with Crippen molar-refractivity contribution in [1.82, 2.24) is 10.2 Å². The highest BCUT2D eigenvalue weighted by Crippen LogP contribution is 2.25. The second kappa shape index (κ2) is 7.78. The Bertz CT molecular complexity index is 413. The summed E-state index contributed by atoms with van der Waals surface area (Å²) in [6, 6.07) is 7.82. The number of hydrogen-bond acceptors (Lipinski definition) is 4. The van der Waals surface area contributed by atoms with Crippen molar-refractivity contribution in [3.8, 4) is 5.75 Å². The van der Waals surface area contributed by atoms with Gasteiger partial charge in [0, 0.05) is 32.7 Å². The number of piperazine rings is 1. The third-order valence-electron chi connectivity index (χ3n) is 3.89. The molecule has 1 aliphatic heterocycles. The Kier molecular flexibility index (Phi) is 6.03. The van der Waals surface area contributed by atoms with E-state index in [1.54, 1.807) is 0 Å². The van der Waals surface area contributed by atoms with Crippen LogP contribution in [0, 0.1) is 5.92 Å². The second-order valence-corrected chi connectivity index (χ2v) is 6.21. The van der Waals surface area contributed by atoms with Gasteiger partial charge in [0.1, 0.15) is 5.75 Å². The number of benzene rings is 1. The van der Waals surface area contributed by atoms with Crippen molar-refractivity contribution in [2.24, 2.45) is 5.92 Å². The van der Waals surface area contributed by atoms with Crippen molar-refractivity contribution in [3.05, 3.63) is 29.8 Å². The normalized spacial score (nSPS) is 19.5. The molecule has 4 heteroatoms. The lowest BCUT2D eigenvalue weighted by molar-refractivity contribution is 0.0841. The van der Waals surface area contributed by atoms with E-state index in [-0.39, 0.29) is 12.0 Å². The minimum absolute atomic E-state index is 0.174. The first-order chi connectivity index (χ1) is 10.1. The summed E-state index contributed by atoms with van der Waals surface area (Å²) in [7, 11) is 0. The van der Waals surface area contributed by atoms with Gasteiger partial charge in [-0.3, -0.25) is 0 Å². The zero-order valence-corrected chi connectivity index (χ0v) is 13.4. The highest BCUT2D eigenvalue weighted by Gasteiger charge is 2.20. The molecule has 2 N–H and O–H groups in total. The minimum Gasteiger partial charge on any atom is -0.491 e. The summed E-state index contributed by atoms with van der Waals surface area (Å²) < 4.78 is 5.63. The summed E-state index contributed by atoms with van der Waals surface area (Å²) in [5.41, 5.74) is 0.966. The summed E-state index contributed by atoms with van der Waals surface area (Å²) in [4.78, 5) is 2.42. The maximum atomic E-state index is 10.5. The molecule has 1 saturated heterocycles. The van der Waals surface area contributed by atoms with Crippen molar-refractivity contribution < 1.29 is 9.84 Å². The van der Waals surface area contributed by atoms with Gasteiger partial charge in [-0.25, -0.2) is 0 Å². The summed E-state index contributed by atoms with van der Waals surface area (Å²) in [5.74, 6) is 1.08. The van der Waals surface area contributed by atoms with Crippen LogP contribution in [0.3, 0.4) is 0 Å². The number of ether oxygens (including phenoxy) is 1. The monoisotopic (exact) mass is 292 g/mol. The molecule has 1 aromatic carbocycles. The molecular formula is C17H28N2O2. The van der Waals surface area contributed by atoms with E-state index >= 15 is 0 Å². The molecule has 4 nitrogen and oxygen atoms in total. The van der Waals surface area contributed by atoms with Gasteiger partial charge in [-0.2, -0.15) is 0 Å². The standard InChI is InChI=1S/C17H28N2O2/c1-13(2)21-16-6-4-15(5-7-16)17(20)14(3)12-19-10-8-18-9-11-19/h4-7,13-14,17-18,20H,8-12H2,1-3H3. The van der Waals surface area contributed by atoms with E-state index < -0.39 is 6.10 Å². The Balaban J connectivity index is 1.90. The molecule has 2 atom stereocenters. The molecule has 1 aliphatic rings. The zero-order valence-electron chi connectivity index (χ0n) is 13.4. The predicted octanol–water partition coefficient (Wildman–Crippen LogP) is 2.05. The lowest BCUT2D eigenvalue weighted by Crippen LogP contribution is -2.45. The summed E-state index contributed by atoms with van der Waals surface area (Å²) in [6.07, 6.45) is -0.250. The Morgan fingerprint density at radius 2 is 1.76 bits per heavy atom. The number of nitrogens with zero attached hydrogens (tertiary/aromatic N) is 1. The van der Waals surface area contributed by atoms with Gasteiger partial charge in [0.15, 0.2) is 0 Å². The van der Waals surface area contributed by atoms with Crippen LogP contribution < -0.4 is 10.1 Å². The van der Waals surface area contributed by atoms with Crippen LogP contribution in [-0.4, -0.2) is 48.8 Å². The Morgan fingerprint density at radius 1 is 1.14 bits per heavy atom. The smallest absolute Gasteiger partial charge is 0.119 e. The van der Waals surface area contributed by atoms with Crippen molar-refractivity contribution in [2.45, 2.75) is 33.0 Å². The van der Waals surface area contributed by atoms with Crippen LogP contribution in [0.2, 0.25) is 0 Å². The van der Waals surface area contributed by atoms with Crippen LogP contribution in [0.15, 0.2) is 24.3 Å². The molecule has 118 valence electrons. The van der Waals surface area contributed by atoms with E-state index in [0.717, 1.165) is 44.0 Å². The molecule has 0 spiro atoms. The lowest BCUT2D eigenvalue weighted by atomic mass is 9.96. The molecule has 0 aromatic heterocycles. The Labute approximate surface area is 128 Å². The van der Waals surface area contributed by atoms with Crippen LogP contribution in [0.25, 0.3) is 0 Å². The summed E-state index contributed by atoms with van der Waals surface area (Å²) >= 11 is 0. The van der Waals surface area contributed by atoms with E-state index in [1.165, 1.54) is 0 Å². The third kappa shape index (κ3) is 4.99. The molecule has 1 fully saturated rings. The molecule has 0 aliphatic carbocycles. The first kappa shape index (κ1) is 16.3. The summed E-state index contributed by atoms with van der Waals surface area (Å²) in [6.45, 7) is 11.3. The zero-order chi connectivity index (χ0) is 15.2. The molecule has 0 saturated carbocycles. The van der Waals surface area contributed by atoms with Gasteiger partial charge < -0.3 is 20.1 Å². The van der Waals surface area contributed by atoms with E-state index in [2.05, 4.69) is 17.1 Å². The van der Waals surface area contributed by atoms with Gasteiger partial charge in [-0.1, -0.05) is 19.1 Å². The quantitative estimate of drug-likeness (QED) is 0.842. The highest BCUT2D eigenvalue weighted by atomic mass is 16.5. The largest absolute Gasteiger partial charge is 0.491 e. The Hall–Kier alpha value is -1.10. The van der Waals surface area contributed by atoms with Crippen molar-refractivity contribution in [1.29, 1.82) is 0 Å². The maximum Gasteiger partial charge on any atom is 0.119 e. The fraction of sp³-hybridized carbons (Fsp3) is 0.647. The number of nitrogens with one attached hydrogen (secondary N) is 1. The fourth-order valence-electron chi connectivity index (χ4n) is 2.75.